The molecule has 43 heavy (non-hydrogen) atoms. The molecular formula is C36H40N4O2S. The standard InChI is InChI=1S/C36H40N4O2S/c1-38-17-6-8-29(38)21-27-24-37-35-14-13-31(23-33(27)35)40-25-28(22-30-9-7-18-39(30)2)34-20-26(12-15-36(34)40)16-19-43(41,42)32-10-4-3-5-11-32/h3-5,10-16,19-20,23-25,29-30,37H,6-9,17-18,21-22H2,1-2H3/b19-16+/t29-,30-/m1/s1. The lowest BCUT2D eigenvalue weighted by Crippen LogP contribution is -2.26. The molecule has 0 aliphatic carbocycles. The van der Waals surface area contributed by atoms with Gasteiger partial charge >= 0.3 is 0 Å². The van der Waals surface area contributed by atoms with Crippen LogP contribution in [0.2, 0.25) is 0 Å². The highest BCUT2D eigenvalue weighted by molar-refractivity contribution is 7.94. The third-order valence-electron chi connectivity index (χ3n) is 9.71. The maximum absolute atomic E-state index is 12.9. The largest absolute Gasteiger partial charge is 0.361 e. The van der Waals surface area contributed by atoms with Crippen LogP contribution in [0.5, 0.6) is 0 Å². The molecule has 7 rings (SSSR count). The van der Waals surface area contributed by atoms with Crippen molar-refractivity contribution in [2.24, 2.45) is 0 Å². The molecule has 0 unspecified atom stereocenters. The van der Waals surface area contributed by atoms with E-state index in [1.165, 1.54) is 65.1 Å². The fraction of sp³-hybridized carbons (Fsp3) is 0.333. The van der Waals surface area contributed by atoms with Crippen molar-refractivity contribution in [3.8, 4) is 5.69 Å². The van der Waals surface area contributed by atoms with Crippen molar-refractivity contribution < 1.29 is 8.42 Å². The van der Waals surface area contributed by atoms with Gasteiger partial charge in [-0.05, 0) is 131 Å². The van der Waals surface area contributed by atoms with E-state index in [4.69, 9.17) is 0 Å². The Labute approximate surface area is 254 Å². The fourth-order valence-electron chi connectivity index (χ4n) is 7.12. The van der Waals surface area contributed by atoms with Gasteiger partial charge in [0, 0.05) is 51.9 Å². The van der Waals surface area contributed by atoms with Gasteiger partial charge in [-0.2, -0.15) is 0 Å². The zero-order valence-electron chi connectivity index (χ0n) is 25.0. The number of benzene rings is 3. The van der Waals surface area contributed by atoms with E-state index in [2.05, 4.69) is 76.2 Å². The monoisotopic (exact) mass is 592 g/mol. The third kappa shape index (κ3) is 5.57. The van der Waals surface area contributed by atoms with E-state index >= 15 is 0 Å². The van der Waals surface area contributed by atoms with E-state index in [0.29, 0.717) is 17.0 Å². The maximum atomic E-state index is 12.9. The minimum atomic E-state index is -3.52. The molecular weight excluding hydrogens is 552 g/mol. The molecule has 2 saturated heterocycles. The lowest BCUT2D eigenvalue weighted by Gasteiger charge is -2.19. The number of likely N-dealkylation sites (N-methyl/N-ethyl adjacent to an activating group) is 2. The second-order valence-electron chi connectivity index (χ2n) is 12.5. The van der Waals surface area contributed by atoms with Crippen LogP contribution in [0.3, 0.4) is 0 Å². The smallest absolute Gasteiger partial charge is 0.199 e. The van der Waals surface area contributed by atoms with Crippen LogP contribution in [0.4, 0.5) is 0 Å². The molecule has 2 atom stereocenters. The van der Waals surface area contributed by atoms with Crippen LogP contribution in [-0.2, 0) is 22.7 Å². The summed E-state index contributed by atoms with van der Waals surface area (Å²) in [5, 5.41) is 3.80. The number of sulfone groups is 1. The first-order valence-corrected chi connectivity index (χ1v) is 17.0. The second kappa shape index (κ2) is 11.5. The molecule has 3 aromatic carbocycles. The highest BCUT2D eigenvalue weighted by Crippen LogP contribution is 2.32. The quantitative estimate of drug-likeness (QED) is 0.215. The Morgan fingerprint density at radius 2 is 1.56 bits per heavy atom. The molecule has 0 radical (unpaired) electrons. The van der Waals surface area contributed by atoms with E-state index in [-0.39, 0.29) is 0 Å². The van der Waals surface area contributed by atoms with Crippen LogP contribution in [0.25, 0.3) is 33.6 Å². The average Bonchev–Trinajstić information content (AvgIpc) is 3.81. The average molecular weight is 593 g/mol. The third-order valence-corrected chi connectivity index (χ3v) is 11.1. The van der Waals surface area contributed by atoms with E-state index in [1.54, 1.807) is 30.3 Å². The van der Waals surface area contributed by atoms with Crippen LogP contribution in [0.1, 0.15) is 42.4 Å². The number of rotatable bonds is 8. The van der Waals surface area contributed by atoms with Crippen molar-refractivity contribution in [1.29, 1.82) is 0 Å². The van der Waals surface area contributed by atoms with Gasteiger partial charge in [0.25, 0.3) is 0 Å². The molecule has 0 bridgehead atoms. The number of hydrogen-bond donors (Lipinski definition) is 1. The molecule has 2 aliphatic rings. The van der Waals surface area contributed by atoms with Crippen LogP contribution in [0, 0.1) is 0 Å². The van der Waals surface area contributed by atoms with E-state index < -0.39 is 9.84 Å². The number of hydrogen-bond acceptors (Lipinski definition) is 4. The Morgan fingerprint density at radius 1 is 0.837 bits per heavy atom. The SMILES string of the molecule is CN1CCC[C@@H]1Cc1c[nH]c2ccc(-n3cc(C[C@H]4CCCN4C)c4cc(/C=C/S(=O)(=O)c5ccccc5)ccc43)cc12. The lowest BCUT2D eigenvalue weighted by atomic mass is 10.0. The number of nitrogens with one attached hydrogen (secondary N) is 1. The molecule has 2 aromatic heterocycles. The van der Waals surface area contributed by atoms with Gasteiger partial charge in [0.2, 0.25) is 0 Å². The van der Waals surface area contributed by atoms with Gasteiger partial charge in [0.15, 0.2) is 9.84 Å². The Balaban J connectivity index is 1.27. The minimum absolute atomic E-state index is 0.308. The molecule has 0 spiro atoms. The second-order valence-corrected chi connectivity index (χ2v) is 14.3. The van der Waals surface area contributed by atoms with Gasteiger partial charge in [0.1, 0.15) is 0 Å². The molecule has 2 aliphatic heterocycles. The first-order valence-electron chi connectivity index (χ1n) is 15.5. The molecule has 0 amide bonds. The first-order chi connectivity index (χ1) is 20.9. The number of aromatic nitrogens is 2. The Morgan fingerprint density at radius 3 is 2.26 bits per heavy atom. The summed E-state index contributed by atoms with van der Waals surface area (Å²) in [4.78, 5) is 8.78. The molecule has 222 valence electrons. The molecule has 7 heteroatoms. The van der Waals surface area contributed by atoms with Crippen molar-refractivity contribution in [1.82, 2.24) is 19.4 Å². The summed E-state index contributed by atoms with van der Waals surface area (Å²) in [6.07, 6.45) is 13.2. The van der Waals surface area contributed by atoms with Gasteiger partial charge in [-0.15, -0.1) is 0 Å². The number of aromatic amines is 1. The Kier molecular flexibility index (Phi) is 7.49. The summed E-state index contributed by atoms with van der Waals surface area (Å²) in [5.74, 6) is 0. The van der Waals surface area contributed by atoms with Gasteiger partial charge in [0.05, 0.1) is 10.4 Å². The lowest BCUT2D eigenvalue weighted by molar-refractivity contribution is 0.310. The van der Waals surface area contributed by atoms with Gasteiger partial charge < -0.3 is 19.4 Å². The Bertz CT molecular complexity index is 1900. The summed E-state index contributed by atoms with van der Waals surface area (Å²) < 4.78 is 28.2. The number of H-pyrrole nitrogens is 1. The van der Waals surface area contributed by atoms with Crippen molar-refractivity contribution in [2.75, 3.05) is 27.2 Å². The molecule has 4 heterocycles. The predicted molar refractivity (Wildman–Crippen MR) is 177 cm³/mol. The summed E-state index contributed by atoms with van der Waals surface area (Å²) in [7, 11) is 0.953. The van der Waals surface area contributed by atoms with Crippen LogP contribution in [-0.4, -0.2) is 67.0 Å². The Hall–Kier alpha value is -3.65. The van der Waals surface area contributed by atoms with Gasteiger partial charge in [-0.3, -0.25) is 0 Å². The molecule has 1 N–H and O–H groups in total. The molecule has 6 nitrogen and oxygen atoms in total. The predicted octanol–water partition coefficient (Wildman–Crippen LogP) is 6.83. The van der Waals surface area contributed by atoms with Crippen molar-refractivity contribution in [3.63, 3.8) is 0 Å². The summed E-state index contributed by atoms with van der Waals surface area (Å²) in [5.41, 5.74) is 7.04. The highest BCUT2D eigenvalue weighted by atomic mass is 32.2. The number of likely N-dealkylation sites (tertiary alicyclic amines) is 2. The molecule has 0 saturated carbocycles. The van der Waals surface area contributed by atoms with Crippen LogP contribution < -0.4 is 0 Å². The van der Waals surface area contributed by atoms with Gasteiger partial charge in [-0.1, -0.05) is 24.3 Å². The van der Waals surface area contributed by atoms with E-state index in [9.17, 15) is 8.42 Å². The summed E-state index contributed by atoms with van der Waals surface area (Å²) in [6.45, 7) is 2.32. The van der Waals surface area contributed by atoms with Crippen molar-refractivity contribution in [2.45, 2.75) is 55.5 Å². The van der Waals surface area contributed by atoms with Gasteiger partial charge in [-0.25, -0.2) is 8.42 Å². The normalized spacial score (nSPS) is 20.3. The zero-order chi connectivity index (χ0) is 29.6. The highest BCUT2D eigenvalue weighted by Gasteiger charge is 2.24. The first kappa shape index (κ1) is 28.1. The number of fused-ring (bicyclic) bond motifs is 2. The summed E-state index contributed by atoms with van der Waals surface area (Å²) >= 11 is 0. The molecule has 2 fully saturated rings. The van der Waals surface area contributed by atoms with Crippen molar-refractivity contribution in [3.05, 3.63) is 101 Å². The minimum Gasteiger partial charge on any atom is -0.361 e. The van der Waals surface area contributed by atoms with E-state index in [1.807, 2.05) is 12.1 Å². The number of nitrogens with zero attached hydrogens (tertiary/aromatic N) is 3. The van der Waals surface area contributed by atoms with Crippen LogP contribution in [0.15, 0.2) is 89.4 Å². The fourth-order valence-corrected chi connectivity index (χ4v) is 8.15. The topological polar surface area (TPSA) is 61.3 Å². The van der Waals surface area contributed by atoms with Crippen LogP contribution >= 0.6 is 0 Å². The summed E-state index contributed by atoms with van der Waals surface area (Å²) in [6, 6.07) is 22.8. The zero-order valence-corrected chi connectivity index (χ0v) is 25.9. The molecule has 5 aromatic rings. The maximum Gasteiger partial charge on any atom is 0.199 e. The van der Waals surface area contributed by atoms with Crippen molar-refractivity contribution >= 4 is 37.7 Å². The van der Waals surface area contributed by atoms with E-state index in [0.717, 1.165) is 36.2 Å².